The van der Waals surface area contributed by atoms with Crippen LogP contribution in [0, 0.1) is 0 Å². The van der Waals surface area contributed by atoms with Crippen LogP contribution in [0.2, 0.25) is 0 Å². The molecule has 0 saturated carbocycles. The van der Waals surface area contributed by atoms with Crippen molar-refractivity contribution in [3.05, 3.63) is 24.3 Å². The number of ether oxygens (including phenoxy) is 4. The van der Waals surface area contributed by atoms with E-state index in [0.29, 0.717) is 17.4 Å². The number of hydrogen-bond acceptors (Lipinski definition) is 8. The Kier molecular flexibility index (Phi) is 53.3. The number of allylic oxidation sites excluding steroid dienone is 4. The van der Waals surface area contributed by atoms with Gasteiger partial charge in [0.1, 0.15) is 13.2 Å². The van der Waals surface area contributed by atoms with Crippen molar-refractivity contribution in [1.82, 2.24) is 0 Å². The molecule has 0 amide bonds. The van der Waals surface area contributed by atoms with E-state index in [4.69, 9.17) is 18.9 Å². The third kappa shape index (κ3) is 55.5. The molecule has 0 saturated heterocycles. The zero-order chi connectivity index (χ0) is 52.7. The minimum Gasteiger partial charge on any atom is -0.545 e. The van der Waals surface area contributed by atoms with E-state index < -0.39 is 24.3 Å². The molecule has 72 heavy (non-hydrogen) atoms. The summed E-state index contributed by atoms with van der Waals surface area (Å²) in [5.41, 5.74) is 0. The molecule has 424 valence electrons. The average molecular weight is 1020 g/mol. The third-order valence-corrected chi connectivity index (χ3v) is 14.0. The minimum atomic E-state index is -1.62. The number of unbranched alkanes of at least 4 members (excludes halogenated alkanes) is 39. The second kappa shape index (κ2) is 55.0. The Balaban J connectivity index is 4.15. The lowest BCUT2D eigenvalue weighted by Gasteiger charge is -2.26. The van der Waals surface area contributed by atoms with E-state index in [2.05, 4.69) is 38.2 Å². The Morgan fingerprint density at radius 3 is 1.10 bits per heavy atom. The molecule has 9 heteroatoms. The van der Waals surface area contributed by atoms with Gasteiger partial charge in [0.2, 0.25) is 0 Å². The number of carbonyl (C=O) groups is 3. The SMILES string of the molecule is CCCCCCC/C=C\C/C=C\CCCCCCCCCCCCCCCCCC(=O)OC(COC(=O)CCCCCCCCCCCCCCCCCCCCCC)COC(OCC[N+](C)(C)C)C(=O)[O-]. The zero-order valence-corrected chi connectivity index (χ0v) is 48.3. The lowest BCUT2D eigenvalue weighted by Crippen LogP contribution is -2.44. The summed E-state index contributed by atoms with van der Waals surface area (Å²) >= 11 is 0. The lowest BCUT2D eigenvalue weighted by molar-refractivity contribution is -0.870. The Hall–Kier alpha value is -2.23. The van der Waals surface area contributed by atoms with E-state index in [1.165, 1.54) is 231 Å². The third-order valence-electron chi connectivity index (χ3n) is 14.0. The molecule has 0 heterocycles. The van der Waals surface area contributed by atoms with Crippen molar-refractivity contribution in [3.8, 4) is 0 Å². The summed E-state index contributed by atoms with van der Waals surface area (Å²) in [6.45, 7) is 4.80. The van der Waals surface area contributed by atoms with Gasteiger partial charge >= 0.3 is 11.9 Å². The van der Waals surface area contributed by atoms with E-state index in [0.717, 1.165) is 44.9 Å². The van der Waals surface area contributed by atoms with Gasteiger partial charge in [-0.25, -0.2) is 0 Å². The highest BCUT2D eigenvalue weighted by molar-refractivity contribution is 5.70. The van der Waals surface area contributed by atoms with Gasteiger partial charge in [0, 0.05) is 12.8 Å². The Bertz CT molecular complexity index is 1230. The molecule has 0 rings (SSSR count). The monoisotopic (exact) mass is 1020 g/mol. The second-order valence-corrected chi connectivity index (χ2v) is 22.4. The van der Waals surface area contributed by atoms with Crippen LogP contribution in [0.5, 0.6) is 0 Å². The first kappa shape index (κ1) is 69.8. The fourth-order valence-electron chi connectivity index (χ4n) is 9.16. The molecule has 0 aromatic rings. The smallest absolute Gasteiger partial charge is 0.306 e. The van der Waals surface area contributed by atoms with E-state index in [1.54, 1.807) is 0 Å². The molecule has 0 aliphatic rings. The molecule has 0 fully saturated rings. The van der Waals surface area contributed by atoms with Gasteiger partial charge < -0.3 is 33.3 Å². The molecule has 0 radical (unpaired) electrons. The van der Waals surface area contributed by atoms with Crippen LogP contribution in [0.1, 0.15) is 303 Å². The number of carboxylic acid groups (broad SMARTS) is 1. The van der Waals surface area contributed by atoms with Crippen LogP contribution in [0.3, 0.4) is 0 Å². The average Bonchev–Trinajstić information content (AvgIpc) is 3.35. The summed E-state index contributed by atoms with van der Waals surface area (Å²) in [6, 6.07) is 0. The second-order valence-electron chi connectivity index (χ2n) is 22.4. The number of carboxylic acids is 1. The Morgan fingerprint density at radius 2 is 0.750 bits per heavy atom. The van der Waals surface area contributed by atoms with Crippen LogP contribution < -0.4 is 5.11 Å². The summed E-state index contributed by atoms with van der Waals surface area (Å²) in [5.74, 6) is -2.26. The Morgan fingerprint density at radius 1 is 0.417 bits per heavy atom. The highest BCUT2D eigenvalue weighted by Gasteiger charge is 2.22. The predicted octanol–water partition coefficient (Wildman–Crippen LogP) is 17.0. The number of nitrogens with zero attached hydrogens (tertiary/aromatic N) is 1. The molecule has 0 bridgehead atoms. The van der Waals surface area contributed by atoms with Gasteiger partial charge in [-0.15, -0.1) is 0 Å². The molecule has 2 atom stereocenters. The van der Waals surface area contributed by atoms with Crippen molar-refractivity contribution >= 4 is 17.9 Å². The van der Waals surface area contributed by atoms with E-state index >= 15 is 0 Å². The van der Waals surface area contributed by atoms with E-state index in [-0.39, 0.29) is 32.2 Å². The number of carbonyl (C=O) groups excluding carboxylic acids is 3. The van der Waals surface area contributed by atoms with Crippen molar-refractivity contribution in [2.24, 2.45) is 0 Å². The molecule has 0 aromatic carbocycles. The van der Waals surface area contributed by atoms with Crippen molar-refractivity contribution in [1.29, 1.82) is 0 Å². The summed E-state index contributed by atoms with van der Waals surface area (Å²) < 4.78 is 22.8. The number of quaternary nitrogens is 1. The molecule has 0 aliphatic heterocycles. The van der Waals surface area contributed by atoms with Gasteiger partial charge in [-0.3, -0.25) is 9.59 Å². The van der Waals surface area contributed by atoms with Crippen LogP contribution in [-0.4, -0.2) is 82.3 Å². The molecule has 0 aliphatic carbocycles. The lowest BCUT2D eigenvalue weighted by atomic mass is 10.0. The maximum atomic E-state index is 12.9. The zero-order valence-electron chi connectivity index (χ0n) is 48.3. The molecular formula is C63H119NO8. The first-order chi connectivity index (χ1) is 35.1. The van der Waals surface area contributed by atoms with Gasteiger partial charge in [-0.2, -0.15) is 0 Å². The maximum absolute atomic E-state index is 12.9. The fourth-order valence-corrected chi connectivity index (χ4v) is 9.16. The van der Waals surface area contributed by atoms with Crippen molar-refractivity contribution in [3.63, 3.8) is 0 Å². The Labute approximate surface area is 446 Å². The summed E-state index contributed by atoms with van der Waals surface area (Å²) in [5, 5.41) is 11.8. The molecule has 0 aromatic heterocycles. The van der Waals surface area contributed by atoms with Crippen molar-refractivity contribution in [2.75, 3.05) is 47.5 Å². The standard InChI is InChI=1S/C63H119NO8/c1-6-8-10-12-14-16-18-20-22-24-26-28-29-30-31-32-33-34-36-38-40-42-44-46-48-50-52-54-61(66)72-59(58-71-63(62(67)68)69-56-55-64(3,4)5)57-70-60(65)53-51-49-47-45-43-41-39-37-35-27-25-23-21-19-17-15-13-11-9-7-2/h18,20,24,26,59,63H,6-17,19,21-23,25,27-58H2,1-5H3/b20-18-,26-24-. The molecular weight excluding hydrogens is 899 g/mol. The molecule has 2 unspecified atom stereocenters. The van der Waals surface area contributed by atoms with Gasteiger partial charge in [0.15, 0.2) is 12.4 Å². The predicted molar refractivity (Wildman–Crippen MR) is 302 cm³/mol. The first-order valence-corrected chi connectivity index (χ1v) is 31.0. The number of hydrogen-bond donors (Lipinski definition) is 0. The van der Waals surface area contributed by atoms with Crippen LogP contribution in [0.4, 0.5) is 0 Å². The van der Waals surface area contributed by atoms with Gasteiger partial charge in [-0.05, 0) is 44.9 Å². The quantitative estimate of drug-likeness (QED) is 0.0195. The normalized spacial score (nSPS) is 12.8. The largest absolute Gasteiger partial charge is 0.545 e. The van der Waals surface area contributed by atoms with Crippen molar-refractivity contribution < 1.29 is 42.9 Å². The van der Waals surface area contributed by atoms with Gasteiger partial charge in [0.05, 0.1) is 40.3 Å². The summed E-state index contributed by atoms with van der Waals surface area (Å²) in [6.07, 6.45) is 62.3. The number of esters is 2. The molecule has 0 spiro atoms. The molecule has 0 N–H and O–H groups in total. The van der Waals surface area contributed by atoms with Crippen LogP contribution in [-0.2, 0) is 33.3 Å². The fraction of sp³-hybridized carbons (Fsp3) is 0.889. The minimum absolute atomic E-state index is 0.151. The van der Waals surface area contributed by atoms with Crippen LogP contribution in [0.25, 0.3) is 0 Å². The van der Waals surface area contributed by atoms with E-state index in [9.17, 15) is 19.5 Å². The van der Waals surface area contributed by atoms with Gasteiger partial charge in [0.25, 0.3) is 0 Å². The van der Waals surface area contributed by atoms with Crippen LogP contribution >= 0.6 is 0 Å². The summed E-state index contributed by atoms with van der Waals surface area (Å²) in [4.78, 5) is 37.3. The first-order valence-electron chi connectivity index (χ1n) is 31.0. The number of aliphatic carboxylic acids is 1. The highest BCUT2D eigenvalue weighted by atomic mass is 16.7. The summed E-state index contributed by atoms with van der Waals surface area (Å²) in [7, 11) is 5.94. The van der Waals surface area contributed by atoms with Crippen LogP contribution in [0.15, 0.2) is 24.3 Å². The number of rotatable bonds is 58. The van der Waals surface area contributed by atoms with Gasteiger partial charge in [-0.1, -0.05) is 269 Å². The van der Waals surface area contributed by atoms with E-state index in [1.807, 2.05) is 21.1 Å². The molecule has 9 nitrogen and oxygen atoms in total. The van der Waals surface area contributed by atoms with Crippen molar-refractivity contribution in [2.45, 2.75) is 315 Å². The highest BCUT2D eigenvalue weighted by Crippen LogP contribution is 2.18. The topological polar surface area (TPSA) is 111 Å². The number of likely N-dealkylation sites (N-methyl/N-ethyl adjacent to an activating group) is 1. The maximum Gasteiger partial charge on any atom is 0.306 e.